The molecule has 2 aliphatic rings. The van der Waals surface area contributed by atoms with Crippen LogP contribution in [0.25, 0.3) is 0 Å². The summed E-state index contributed by atoms with van der Waals surface area (Å²) in [4.78, 5) is 11.1. The average Bonchev–Trinajstić information content (AvgIpc) is 2.30. The Kier molecular flexibility index (Phi) is 3.49. The zero-order valence-corrected chi connectivity index (χ0v) is 9.66. The molecule has 2 fully saturated rings. The minimum atomic E-state index is -0.462. The topological polar surface area (TPSA) is 44.8 Å². The molecular formula is C12H18O4. The summed E-state index contributed by atoms with van der Waals surface area (Å²) in [5.74, 6) is -0.126. The first-order valence-corrected chi connectivity index (χ1v) is 5.86. The van der Waals surface area contributed by atoms with Crippen LogP contribution in [0.3, 0.4) is 0 Å². The number of allylic oxidation sites excluding steroid dienone is 1. The minimum Gasteiger partial charge on any atom is -0.466 e. The number of carbonyl (C=O) groups is 1. The van der Waals surface area contributed by atoms with Gasteiger partial charge in [0.25, 0.3) is 0 Å². The molecule has 1 spiro atoms. The van der Waals surface area contributed by atoms with Gasteiger partial charge in [0, 0.05) is 19.3 Å². The Morgan fingerprint density at radius 1 is 1.38 bits per heavy atom. The van der Waals surface area contributed by atoms with Gasteiger partial charge in [-0.05, 0) is 19.3 Å². The van der Waals surface area contributed by atoms with Crippen molar-refractivity contribution in [3.8, 4) is 0 Å². The molecule has 0 radical (unpaired) electrons. The summed E-state index contributed by atoms with van der Waals surface area (Å²) in [7, 11) is 1.37. The van der Waals surface area contributed by atoms with Crippen LogP contribution in [0, 0.1) is 0 Å². The van der Waals surface area contributed by atoms with Gasteiger partial charge in [-0.3, -0.25) is 0 Å². The quantitative estimate of drug-likeness (QED) is 0.507. The van der Waals surface area contributed by atoms with Crippen LogP contribution in [-0.2, 0) is 19.0 Å². The van der Waals surface area contributed by atoms with Crippen molar-refractivity contribution in [1.29, 1.82) is 0 Å². The van der Waals surface area contributed by atoms with Gasteiger partial charge in [0.2, 0.25) is 5.79 Å². The van der Waals surface area contributed by atoms with Crippen LogP contribution < -0.4 is 0 Å². The first kappa shape index (κ1) is 11.5. The van der Waals surface area contributed by atoms with E-state index in [0.717, 1.165) is 45.1 Å². The monoisotopic (exact) mass is 226 g/mol. The summed E-state index contributed by atoms with van der Waals surface area (Å²) in [6.07, 6.45) is 7.30. The summed E-state index contributed by atoms with van der Waals surface area (Å²) in [5.41, 5.74) is 0. The summed E-state index contributed by atoms with van der Waals surface area (Å²) >= 11 is 0. The van der Waals surface area contributed by atoms with Crippen LogP contribution in [0.5, 0.6) is 0 Å². The van der Waals surface area contributed by atoms with Gasteiger partial charge in [0.05, 0.1) is 19.8 Å². The summed E-state index contributed by atoms with van der Waals surface area (Å²) < 4.78 is 16.2. The predicted octanol–water partition coefficient (Wildman–Crippen LogP) is 2.14. The third kappa shape index (κ3) is 2.55. The van der Waals surface area contributed by atoms with E-state index in [1.807, 2.05) is 0 Å². The lowest BCUT2D eigenvalue weighted by molar-refractivity contribution is -0.251. The number of methoxy groups -OCH3 is 1. The molecule has 2 rings (SSSR count). The number of ether oxygens (including phenoxy) is 3. The standard InChI is InChI=1S/C12H18O4/c1-14-11(13)9-10-5-4-7-12(16-10)6-2-3-8-15-12/h9H,2-8H2,1H3/b10-9+. The predicted molar refractivity (Wildman–Crippen MR) is 57.6 cm³/mol. The van der Waals surface area contributed by atoms with Gasteiger partial charge in [0.15, 0.2) is 0 Å². The highest BCUT2D eigenvalue weighted by Crippen LogP contribution is 2.38. The fourth-order valence-electron chi connectivity index (χ4n) is 2.27. The molecule has 0 aromatic carbocycles. The molecule has 2 saturated heterocycles. The van der Waals surface area contributed by atoms with Crippen LogP contribution in [-0.4, -0.2) is 25.5 Å². The Balaban J connectivity index is 2.03. The number of carbonyl (C=O) groups excluding carboxylic acids is 1. The highest BCUT2D eigenvalue weighted by molar-refractivity contribution is 5.82. The molecule has 1 atom stereocenters. The second-order valence-corrected chi connectivity index (χ2v) is 4.31. The van der Waals surface area contributed by atoms with E-state index >= 15 is 0 Å². The van der Waals surface area contributed by atoms with E-state index in [9.17, 15) is 4.79 Å². The Morgan fingerprint density at radius 2 is 2.19 bits per heavy atom. The van der Waals surface area contributed by atoms with Gasteiger partial charge >= 0.3 is 5.97 Å². The first-order valence-electron chi connectivity index (χ1n) is 5.86. The highest BCUT2D eigenvalue weighted by atomic mass is 16.7. The molecule has 0 amide bonds. The van der Waals surface area contributed by atoms with Crippen molar-refractivity contribution in [3.63, 3.8) is 0 Å². The van der Waals surface area contributed by atoms with Gasteiger partial charge in [0.1, 0.15) is 5.76 Å². The lowest BCUT2D eigenvalue weighted by Crippen LogP contribution is -2.41. The Hall–Kier alpha value is -1.03. The SMILES string of the molecule is COC(=O)/C=C1\CCCC2(CCCCO2)O1. The van der Waals surface area contributed by atoms with Crippen LogP contribution >= 0.6 is 0 Å². The first-order chi connectivity index (χ1) is 7.74. The van der Waals surface area contributed by atoms with E-state index < -0.39 is 5.79 Å². The molecular weight excluding hydrogens is 208 g/mol. The summed E-state index contributed by atoms with van der Waals surface area (Å²) in [5, 5.41) is 0. The maximum Gasteiger partial charge on any atom is 0.333 e. The fraction of sp³-hybridized carbons (Fsp3) is 0.750. The van der Waals surface area contributed by atoms with Crippen molar-refractivity contribution in [2.75, 3.05) is 13.7 Å². The molecule has 0 saturated carbocycles. The second kappa shape index (κ2) is 4.87. The van der Waals surface area contributed by atoms with E-state index in [4.69, 9.17) is 9.47 Å². The van der Waals surface area contributed by atoms with Gasteiger partial charge in [-0.2, -0.15) is 0 Å². The normalized spacial score (nSPS) is 32.4. The van der Waals surface area contributed by atoms with E-state index in [1.165, 1.54) is 13.2 Å². The van der Waals surface area contributed by atoms with Gasteiger partial charge in [-0.25, -0.2) is 4.79 Å². The van der Waals surface area contributed by atoms with Crippen LogP contribution in [0.4, 0.5) is 0 Å². The molecule has 2 aliphatic heterocycles. The van der Waals surface area contributed by atoms with E-state index in [-0.39, 0.29) is 5.97 Å². The molecule has 4 heteroatoms. The molecule has 0 N–H and O–H groups in total. The van der Waals surface area contributed by atoms with E-state index in [2.05, 4.69) is 4.74 Å². The second-order valence-electron chi connectivity index (χ2n) is 4.31. The van der Waals surface area contributed by atoms with Crippen molar-refractivity contribution in [1.82, 2.24) is 0 Å². The zero-order chi connectivity index (χ0) is 11.4. The molecule has 0 aromatic heterocycles. The molecule has 1 unspecified atom stereocenters. The maximum atomic E-state index is 11.1. The zero-order valence-electron chi connectivity index (χ0n) is 9.66. The van der Waals surface area contributed by atoms with Gasteiger partial charge < -0.3 is 14.2 Å². The number of hydrogen-bond donors (Lipinski definition) is 0. The lowest BCUT2D eigenvalue weighted by atomic mass is 9.96. The largest absolute Gasteiger partial charge is 0.466 e. The van der Waals surface area contributed by atoms with Crippen molar-refractivity contribution in [2.24, 2.45) is 0 Å². The Bertz CT molecular complexity index is 284. The van der Waals surface area contributed by atoms with Crippen molar-refractivity contribution >= 4 is 5.97 Å². The maximum absolute atomic E-state index is 11.1. The average molecular weight is 226 g/mol. The Morgan fingerprint density at radius 3 is 2.88 bits per heavy atom. The summed E-state index contributed by atoms with van der Waals surface area (Å²) in [6, 6.07) is 0. The molecule has 90 valence electrons. The number of rotatable bonds is 1. The third-order valence-electron chi connectivity index (χ3n) is 3.10. The molecule has 0 aromatic rings. The fourth-order valence-corrected chi connectivity index (χ4v) is 2.27. The number of hydrogen-bond acceptors (Lipinski definition) is 4. The van der Waals surface area contributed by atoms with Gasteiger partial charge in [-0.15, -0.1) is 0 Å². The molecule has 4 nitrogen and oxygen atoms in total. The third-order valence-corrected chi connectivity index (χ3v) is 3.10. The molecule has 0 aliphatic carbocycles. The van der Waals surface area contributed by atoms with Gasteiger partial charge in [-0.1, -0.05) is 0 Å². The summed E-state index contributed by atoms with van der Waals surface area (Å²) in [6.45, 7) is 0.755. The van der Waals surface area contributed by atoms with Crippen molar-refractivity contribution in [3.05, 3.63) is 11.8 Å². The van der Waals surface area contributed by atoms with E-state index in [0.29, 0.717) is 5.76 Å². The Labute approximate surface area is 95.6 Å². The molecule has 2 heterocycles. The van der Waals surface area contributed by atoms with Crippen LogP contribution in [0.15, 0.2) is 11.8 Å². The molecule has 16 heavy (non-hydrogen) atoms. The highest BCUT2D eigenvalue weighted by Gasteiger charge is 2.38. The minimum absolute atomic E-state index is 0.358. The smallest absolute Gasteiger partial charge is 0.333 e. The van der Waals surface area contributed by atoms with Crippen molar-refractivity contribution < 1.29 is 19.0 Å². The van der Waals surface area contributed by atoms with Crippen LogP contribution in [0.1, 0.15) is 38.5 Å². The lowest BCUT2D eigenvalue weighted by Gasteiger charge is -2.41. The van der Waals surface area contributed by atoms with E-state index in [1.54, 1.807) is 0 Å². The van der Waals surface area contributed by atoms with Crippen molar-refractivity contribution in [2.45, 2.75) is 44.3 Å². The number of esters is 1. The van der Waals surface area contributed by atoms with Crippen LogP contribution in [0.2, 0.25) is 0 Å². The molecule has 0 bridgehead atoms.